The predicted molar refractivity (Wildman–Crippen MR) is 53.6 cm³/mol. The summed E-state index contributed by atoms with van der Waals surface area (Å²) in [5.74, 6) is 1.37. The van der Waals surface area contributed by atoms with Gasteiger partial charge in [-0.15, -0.1) is 0 Å². The van der Waals surface area contributed by atoms with Gasteiger partial charge in [0.25, 0.3) is 0 Å². The molecular weight excluding hydrogens is 176 g/mol. The van der Waals surface area contributed by atoms with Crippen molar-refractivity contribution in [2.24, 2.45) is 22.7 Å². The van der Waals surface area contributed by atoms with Crippen LogP contribution in [0.2, 0.25) is 0 Å². The zero-order chi connectivity index (χ0) is 9.81. The third-order valence-electron chi connectivity index (χ3n) is 5.23. The van der Waals surface area contributed by atoms with Crippen LogP contribution in [0.15, 0.2) is 12.2 Å². The Balaban J connectivity index is 2.08. The molecule has 2 heteroatoms. The van der Waals surface area contributed by atoms with E-state index in [1.54, 1.807) is 0 Å². The Morgan fingerprint density at radius 2 is 2.14 bits per heavy atom. The highest BCUT2D eigenvalue weighted by atomic mass is 16.3. The Morgan fingerprint density at radius 3 is 2.86 bits per heavy atom. The first-order valence-corrected chi connectivity index (χ1v) is 5.67. The van der Waals surface area contributed by atoms with Gasteiger partial charge in [-0.1, -0.05) is 12.2 Å². The van der Waals surface area contributed by atoms with Crippen molar-refractivity contribution >= 4 is 0 Å². The zero-order valence-electron chi connectivity index (χ0n) is 8.45. The van der Waals surface area contributed by atoms with Crippen molar-refractivity contribution in [2.75, 3.05) is 13.2 Å². The summed E-state index contributed by atoms with van der Waals surface area (Å²) in [4.78, 5) is 0. The first-order chi connectivity index (χ1) is 6.78. The van der Waals surface area contributed by atoms with E-state index in [1.807, 2.05) is 0 Å². The molecule has 0 aromatic rings. The fourth-order valence-electron chi connectivity index (χ4n) is 4.50. The minimum Gasteiger partial charge on any atom is -0.396 e. The molecule has 0 aliphatic heterocycles. The highest BCUT2D eigenvalue weighted by Gasteiger charge is 2.66. The summed E-state index contributed by atoms with van der Waals surface area (Å²) in [5, 5.41) is 19.3. The van der Waals surface area contributed by atoms with Gasteiger partial charge in [0.05, 0.1) is 6.61 Å². The Labute approximate surface area is 84.6 Å². The minimum atomic E-state index is -0.0648. The smallest absolute Gasteiger partial charge is 0.0531 e. The predicted octanol–water partition coefficient (Wildman–Crippen LogP) is 1.33. The Morgan fingerprint density at radius 1 is 1.29 bits per heavy atom. The molecule has 0 radical (unpaired) electrons. The molecule has 4 unspecified atom stereocenters. The Kier molecular flexibility index (Phi) is 1.67. The molecule has 3 aliphatic carbocycles. The molecule has 0 amide bonds. The molecule has 2 nitrogen and oxygen atoms in total. The van der Waals surface area contributed by atoms with E-state index in [4.69, 9.17) is 0 Å². The van der Waals surface area contributed by atoms with Crippen LogP contribution in [0.5, 0.6) is 0 Å². The molecule has 0 aromatic carbocycles. The average Bonchev–Trinajstić information content (AvgIpc) is 2.88. The number of aliphatic hydroxyl groups excluding tert-OH is 2. The normalized spacial score (nSPS) is 54.1. The minimum absolute atomic E-state index is 0.0179. The largest absolute Gasteiger partial charge is 0.396 e. The molecule has 4 atom stereocenters. The SMILES string of the molecule is OCC12CCC(C1)C1CC=CC12CO. The molecule has 2 N–H and O–H groups in total. The molecule has 3 aliphatic rings. The monoisotopic (exact) mass is 194 g/mol. The summed E-state index contributed by atoms with van der Waals surface area (Å²) in [7, 11) is 0. The van der Waals surface area contributed by atoms with Crippen molar-refractivity contribution in [2.45, 2.75) is 25.7 Å². The van der Waals surface area contributed by atoms with E-state index in [1.165, 1.54) is 6.42 Å². The average molecular weight is 194 g/mol. The second-order valence-corrected chi connectivity index (χ2v) is 5.38. The van der Waals surface area contributed by atoms with Gasteiger partial charge >= 0.3 is 0 Å². The van der Waals surface area contributed by atoms with Crippen LogP contribution in [0.25, 0.3) is 0 Å². The Hall–Kier alpha value is -0.340. The lowest BCUT2D eigenvalue weighted by Crippen LogP contribution is -2.45. The van der Waals surface area contributed by atoms with Gasteiger partial charge in [-0.2, -0.15) is 0 Å². The van der Waals surface area contributed by atoms with Gasteiger partial charge in [0.2, 0.25) is 0 Å². The lowest BCUT2D eigenvalue weighted by Gasteiger charge is -2.45. The van der Waals surface area contributed by atoms with Crippen molar-refractivity contribution in [1.29, 1.82) is 0 Å². The maximum Gasteiger partial charge on any atom is 0.0531 e. The number of allylic oxidation sites excluding steroid dienone is 1. The second-order valence-electron chi connectivity index (χ2n) is 5.38. The van der Waals surface area contributed by atoms with Crippen LogP contribution in [-0.4, -0.2) is 23.4 Å². The van der Waals surface area contributed by atoms with E-state index < -0.39 is 0 Å². The summed E-state index contributed by atoms with van der Waals surface area (Å²) in [6, 6.07) is 0. The summed E-state index contributed by atoms with van der Waals surface area (Å²) in [6.45, 7) is 0.482. The highest BCUT2D eigenvalue weighted by molar-refractivity contribution is 5.26. The van der Waals surface area contributed by atoms with E-state index >= 15 is 0 Å². The van der Waals surface area contributed by atoms with Gasteiger partial charge in [0, 0.05) is 17.4 Å². The summed E-state index contributed by atoms with van der Waals surface area (Å²) in [5.41, 5.74) is -0.0469. The van der Waals surface area contributed by atoms with Crippen LogP contribution < -0.4 is 0 Å². The van der Waals surface area contributed by atoms with Crippen molar-refractivity contribution in [3.05, 3.63) is 12.2 Å². The van der Waals surface area contributed by atoms with Crippen molar-refractivity contribution < 1.29 is 10.2 Å². The van der Waals surface area contributed by atoms with Gasteiger partial charge in [-0.25, -0.2) is 0 Å². The van der Waals surface area contributed by atoms with Crippen LogP contribution in [0, 0.1) is 22.7 Å². The van der Waals surface area contributed by atoms with Crippen LogP contribution in [0.4, 0.5) is 0 Å². The van der Waals surface area contributed by atoms with Crippen molar-refractivity contribution in [1.82, 2.24) is 0 Å². The zero-order valence-corrected chi connectivity index (χ0v) is 8.45. The quantitative estimate of drug-likeness (QED) is 0.651. The molecule has 0 spiro atoms. The molecule has 2 bridgehead atoms. The number of fused-ring (bicyclic) bond motifs is 5. The molecule has 0 saturated heterocycles. The summed E-state index contributed by atoms with van der Waals surface area (Å²) < 4.78 is 0. The summed E-state index contributed by atoms with van der Waals surface area (Å²) >= 11 is 0. The van der Waals surface area contributed by atoms with E-state index in [2.05, 4.69) is 12.2 Å². The van der Waals surface area contributed by atoms with Crippen molar-refractivity contribution in [3.8, 4) is 0 Å². The molecular formula is C12H18O2. The first-order valence-electron chi connectivity index (χ1n) is 5.67. The van der Waals surface area contributed by atoms with Crippen LogP contribution in [0.3, 0.4) is 0 Å². The number of hydrogen-bond donors (Lipinski definition) is 2. The molecule has 0 heterocycles. The van der Waals surface area contributed by atoms with E-state index in [9.17, 15) is 10.2 Å². The lowest BCUT2D eigenvalue weighted by atomic mass is 9.60. The first kappa shape index (κ1) is 8.93. The maximum absolute atomic E-state index is 9.68. The molecule has 2 fully saturated rings. The summed E-state index contributed by atoms with van der Waals surface area (Å²) in [6.07, 6.45) is 9.03. The van der Waals surface area contributed by atoms with Gasteiger partial charge < -0.3 is 10.2 Å². The molecule has 2 saturated carbocycles. The fourth-order valence-corrected chi connectivity index (χ4v) is 4.50. The van der Waals surface area contributed by atoms with E-state index in [-0.39, 0.29) is 24.0 Å². The Bertz CT molecular complexity index is 286. The molecule has 0 aromatic heterocycles. The third-order valence-corrected chi connectivity index (χ3v) is 5.23. The molecule has 14 heavy (non-hydrogen) atoms. The fraction of sp³-hybridized carbons (Fsp3) is 0.833. The van der Waals surface area contributed by atoms with Gasteiger partial charge in [0.1, 0.15) is 0 Å². The standard InChI is InChI=1S/C12H18O2/c13-7-11-5-3-9(6-11)10-2-1-4-12(10,11)8-14/h1,4,9-10,13-14H,2-3,5-8H2. The second kappa shape index (κ2) is 2.61. The third kappa shape index (κ3) is 0.728. The highest BCUT2D eigenvalue weighted by Crippen LogP contribution is 2.70. The van der Waals surface area contributed by atoms with Crippen LogP contribution in [-0.2, 0) is 0 Å². The number of hydrogen-bond acceptors (Lipinski definition) is 2. The number of aliphatic hydroxyl groups is 2. The van der Waals surface area contributed by atoms with Gasteiger partial charge in [-0.05, 0) is 37.5 Å². The van der Waals surface area contributed by atoms with Gasteiger partial charge in [-0.3, -0.25) is 0 Å². The van der Waals surface area contributed by atoms with Crippen molar-refractivity contribution in [3.63, 3.8) is 0 Å². The molecule has 3 rings (SSSR count). The maximum atomic E-state index is 9.68. The van der Waals surface area contributed by atoms with Gasteiger partial charge in [0.15, 0.2) is 0 Å². The molecule has 78 valence electrons. The van der Waals surface area contributed by atoms with Crippen LogP contribution in [0.1, 0.15) is 25.7 Å². The lowest BCUT2D eigenvalue weighted by molar-refractivity contribution is -0.0313. The number of rotatable bonds is 2. The van der Waals surface area contributed by atoms with Crippen LogP contribution >= 0.6 is 0 Å². The van der Waals surface area contributed by atoms with E-state index in [0.29, 0.717) is 5.92 Å². The van der Waals surface area contributed by atoms with E-state index in [0.717, 1.165) is 25.2 Å². The topological polar surface area (TPSA) is 40.5 Å².